The summed E-state index contributed by atoms with van der Waals surface area (Å²) in [6.45, 7) is 6.57. The second-order valence-corrected chi connectivity index (χ2v) is 5.60. The van der Waals surface area contributed by atoms with E-state index in [9.17, 15) is 0 Å². The first kappa shape index (κ1) is 14.7. The number of aryl methyl sites for hydroxylation is 2. The predicted molar refractivity (Wildman–Crippen MR) is 81.2 cm³/mol. The zero-order valence-electron chi connectivity index (χ0n) is 12.1. The number of thiazole rings is 1. The molecule has 0 saturated heterocycles. The third kappa shape index (κ3) is 3.45. The van der Waals surface area contributed by atoms with Crippen molar-refractivity contribution in [2.45, 2.75) is 40.0 Å². The number of ether oxygens (including phenoxy) is 1. The van der Waals surface area contributed by atoms with Gasteiger partial charge in [0, 0.05) is 17.7 Å². The minimum absolute atomic E-state index is 0.507. The van der Waals surface area contributed by atoms with E-state index in [0.29, 0.717) is 18.3 Å². The van der Waals surface area contributed by atoms with Gasteiger partial charge in [-0.2, -0.15) is 4.98 Å². The molecule has 0 aliphatic heterocycles. The average molecular weight is 292 g/mol. The fourth-order valence-corrected chi connectivity index (χ4v) is 2.60. The normalized spacial score (nSPS) is 10.8. The van der Waals surface area contributed by atoms with Crippen LogP contribution in [0.15, 0.2) is 5.51 Å². The summed E-state index contributed by atoms with van der Waals surface area (Å²) in [5.41, 5.74) is 9.65. The van der Waals surface area contributed by atoms with Gasteiger partial charge in [-0.15, -0.1) is 11.3 Å². The molecule has 2 aromatic rings. The highest BCUT2D eigenvalue weighted by Crippen LogP contribution is 2.21. The van der Waals surface area contributed by atoms with Crippen LogP contribution in [0.3, 0.4) is 0 Å². The Bertz CT molecular complexity index is 583. The van der Waals surface area contributed by atoms with Crippen molar-refractivity contribution in [1.82, 2.24) is 15.0 Å². The van der Waals surface area contributed by atoms with Gasteiger partial charge in [0.2, 0.25) is 5.88 Å². The largest absolute Gasteiger partial charge is 0.477 e. The molecule has 2 rings (SSSR count). The number of aromatic nitrogens is 3. The van der Waals surface area contributed by atoms with Crippen molar-refractivity contribution in [2.75, 3.05) is 12.3 Å². The molecule has 2 heterocycles. The van der Waals surface area contributed by atoms with Gasteiger partial charge in [0.1, 0.15) is 11.6 Å². The topological polar surface area (TPSA) is 73.9 Å². The summed E-state index contributed by atoms with van der Waals surface area (Å²) < 4.78 is 5.78. The van der Waals surface area contributed by atoms with Gasteiger partial charge >= 0.3 is 0 Å². The van der Waals surface area contributed by atoms with Crippen molar-refractivity contribution in [1.29, 1.82) is 0 Å². The van der Waals surface area contributed by atoms with Gasteiger partial charge in [0.15, 0.2) is 0 Å². The molecule has 0 radical (unpaired) electrons. The van der Waals surface area contributed by atoms with Gasteiger partial charge in [0.25, 0.3) is 0 Å². The van der Waals surface area contributed by atoms with Crippen LogP contribution in [-0.4, -0.2) is 21.6 Å². The third-order valence-electron chi connectivity index (χ3n) is 3.07. The maximum Gasteiger partial charge on any atom is 0.221 e. The molecule has 0 aliphatic carbocycles. The number of hydrogen-bond donors (Lipinski definition) is 1. The van der Waals surface area contributed by atoms with Gasteiger partial charge in [-0.1, -0.05) is 6.92 Å². The molecule has 0 spiro atoms. The summed E-state index contributed by atoms with van der Waals surface area (Å²) in [5, 5.41) is 0. The maximum atomic E-state index is 5.90. The average Bonchev–Trinajstić information content (AvgIpc) is 2.81. The second kappa shape index (κ2) is 6.65. The quantitative estimate of drug-likeness (QED) is 0.886. The molecule has 0 fully saturated rings. The van der Waals surface area contributed by atoms with E-state index in [2.05, 4.69) is 21.9 Å². The molecule has 0 aliphatic rings. The van der Waals surface area contributed by atoms with Crippen LogP contribution in [0, 0.1) is 13.8 Å². The van der Waals surface area contributed by atoms with Crippen LogP contribution in [0.1, 0.15) is 35.3 Å². The predicted octanol–water partition coefficient (Wildman–Crippen LogP) is 2.71. The van der Waals surface area contributed by atoms with E-state index in [-0.39, 0.29) is 0 Å². The van der Waals surface area contributed by atoms with Crippen LogP contribution in [0.5, 0.6) is 5.88 Å². The minimum Gasteiger partial charge on any atom is -0.477 e. The van der Waals surface area contributed by atoms with Gasteiger partial charge < -0.3 is 10.5 Å². The summed E-state index contributed by atoms with van der Waals surface area (Å²) in [6, 6.07) is 0. The van der Waals surface area contributed by atoms with Crippen molar-refractivity contribution in [2.24, 2.45) is 0 Å². The molecule has 6 heteroatoms. The van der Waals surface area contributed by atoms with Crippen LogP contribution in [0.4, 0.5) is 5.82 Å². The second-order valence-electron chi connectivity index (χ2n) is 4.66. The Hall–Kier alpha value is -1.69. The first-order valence-electron chi connectivity index (χ1n) is 6.76. The molecule has 2 aromatic heterocycles. The van der Waals surface area contributed by atoms with Crippen molar-refractivity contribution in [3.63, 3.8) is 0 Å². The van der Waals surface area contributed by atoms with Gasteiger partial charge in [-0.3, -0.25) is 0 Å². The molecule has 20 heavy (non-hydrogen) atoms. The lowest BCUT2D eigenvalue weighted by molar-refractivity contribution is 0.306. The van der Waals surface area contributed by atoms with Crippen molar-refractivity contribution >= 4 is 17.2 Å². The third-order valence-corrected chi connectivity index (χ3v) is 4.07. The van der Waals surface area contributed by atoms with E-state index in [4.69, 9.17) is 10.5 Å². The smallest absolute Gasteiger partial charge is 0.221 e. The molecule has 0 bridgehead atoms. The zero-order valence-corrected chi connectivity index (χ0v) is 13.0. The summed E-state index contributed by atoms with van der Waals surface area (Å²) in [4.78, 5) is 14.2. The summed E-state index contributed by atoms with van der Waals surface area (Å²) in [5.74, 6) is 1.86. The lowest BCUT2D eigenvalue weighted by Crippen LogP contribution is -2.09. The molecule has 5 nitrogen and oxygen atoms in total. The molecule has 0 atom stereocenters. The van der Waals surface area contributed by atoms with Crippen molar-refractivity contribution in [3.8, 4) is 5.88 Å². The number of nitrogens with two attached hydrogens (primary N) is 1. The van der Waals surface area contributed by atoms with E-state index in [1.807, 2.05) is 19.4 Å². The Balaban J connectivity index is 2.03. The monoisotopic (exact) mass is 292 g/mol. The molecule has 0 amide bonds. The lowest BCUT2D eigenvalue weighted by Gasteiger charge is -2.11. The molecule has 0 unspecified atom stereocenters. The molecule has 2 N–H and O–H groups in total. The first-order chi connectivity index (χ1) is 9.61. The summed E-state index contributed by atoms with van der Waals surface area (Å²) in [6.07, 6.45) is 2.64. The Morgan fingerprint density at radius 2 is 2.05 bits per heavy atom. The van der Waals surface area contributed by atoms with Crippen LogP contribution >= 0.6 is 11.3 Å². The van der Waals surface area contributed by atoms with Crippen LogP contribution in [0.25, 0.3) is 0 Å². The van der Waals surface area contributed by atoms with E-state index in [1.54, 1.807) is 11.3 Å². The molecule has 0 saturated carbocycles. The zero-order chi connectivity index (χ0) is 14.5. The summed E-state index contributed by atoms with van der Waals surface area (Å²) in [7, 11) is 0. The summed E-state index contributed by atoms with van der Waals surface area (Å²) >= 11 is 1.65. The molecular formula is C14H20N4OS. The fourth-order valence-electron chi connectivity index (χ4n) is 1.84. The molecular weight excluding hydrogens is 272 g/mol. The Morgan fingerprint density at radius 1 is 1.25 bits per heavy atom. The van der Waals surface area contributed by atoms with E-state index in [1.165, 1.54) is 4.88 Å². The van der Waals surface area contributed by atoms with Crippen molar-refractivity contribution in [3.05, 3.63) is 27.5 Å². The van der Waals surface area contributed by atoms with Gasteiger partial charge in [0.05, 0.1) is 23.4 Å². The van der Waals surface area contributed by atoms with E-state index in [0.717, 1.165) is 36.3 Å². The van der Waals surface area contributed by atoms with E-state index >= 15 is 0 Å². The number of nitrogens with zero attached hydrogens (tertiary/aromatic N) is 3. The highest BCUT2D eigenvalue weighted by Gasteiger charge is 2.10. The lowest BCUT2D eigenvalue weighted by atomic mass is 10.3. The highest BCUT2D eigenvalue weighted by atomic mass is 32.1. The van der Waals surface area contributed by atoms with E-state index < -0.39 is 0 Å². The molecule has 108 valence electrons. The maximum absolute atomic E-state index is 5.90. The van der Waals surface area contributed by atoms with Crippen LogP contribution in [0.2, 0.25) is 0 Å². The Kier molecular flexibility index (Phi) is 4.89. The first-order valence-corrected chi connectivity index (χ1v) is 7.64. The number of hydrogen-bond acceptors (Lipinski definition) is 6. The minimum atomic E-state index is 0.507. The van der Waals surface area contributed by atoms with Crippen LogP contribution < -0.4 is 10.5 Å². The SMILES string of the molecule is CCCc1nc(N)c(C)c(OCCc2scnc2C)n1. The van der Waals surface area contributed by atoms with Crippen molar-refractivity contribution < 1.29 is 4.74 Å². The fraction of sp³-hybridized carbons (Fsp3) is 0.500. The Labute approximate surface area is 123 Å². The number of nitrogen functional groups attached to an aromatic ring is 1. The van der Waals surface area contributed by atoms with Crippen LogP contribution in [-0.2, 0) is 12.8 Å². The number of anilines is 1. The van der Waals surface area contributed by atoms with Gasteiger partial charge in [-0.25, -0.2) is 9.97 Å². The van der Waals surface area contributed by atoms with Gasteiger partial charge in [-0.05, 0) is 20.3 Å². The molecule has 0 aromatic carbocycles. The Morgan fingerprint density at radius 3 is 2.70 bits per heavy atom. The highest BCUT2D eigenvalue weighted by molar-refractivity contribution is 7.09. The standard InChI is InChI=1S/C14H20N4OS/c1-4-5-12-17-13(15)9(2)14(18-12)19-7-6-11-10(3)16-8-20-11/h8H,4-7H2,1-3H3,(H2,15,17,18). The number of rotatable bonds is 6.